The van der Waals surface area contributed by atoms with Crippen LogP contribution in [0.4, 0.5) is 11.6 Å². The van der Waals surface area contributed by atoms with Crippen LogP contribution in [0, 0.1) is 6.92 Å². The smallest absolute Gasteiger partial charge is 0.255 e. The van der Waals surface area contributed by atoms with Gasteiger partial charge in [-0.1, -0.05) is 18.2 Å². The SMILES string of the molecule is CC1=C(C(=O)Nc2ccccc2C)[C@@H](c2ccnn2C)n2ncnc2N1. The minimum Gasteiger partial charge on any atom is -0.328 e. The van der Waals surface area contributed by atoms with E-state index in [1.54, 1.807) is 15.6 Å². The molecule has 3 aromatic rings. The van der Waals surface area contributed by atoms with E-state index < -0.39 is 6.04 Å². The third-order valence-electron chi connectivity index (χ3n) is 4.57. The fourth-order valence-corrected chi connectivity index (χ4v) is 3.21. The van der Waals surface area contributed by atoms with Crippen LogP contribution in [0.5, 0.6) is 0 Å². The molecule has 8 heteroatoms. The van der Waals surface area contributed by atoms with E-state index in [0.717, 1.165) is 22.6 Å². The normalized spacial score (nSPS) is 16.2. The van der Waals surface area contributed by atoms with Gasteiger partial charge >= 0.3 is 0 Å². The lowest BCUT2D eigenvalue weighted by atomic mass is 9.99. The van der Waals surface area contributed by atoms with Crippen molar-refractivity contribution in [3.05, 3.63) is 65.4 Å². The van der Waals surface area contributed by atoms with Gasteiger partial charge in [0.25, 0.3) is 5.91 Å². The number of amides is 1. The first-order chi connectivity index (χ1) is 12.6. The van der Waals surface area contributed by atoms with Crippen LogP contribution >= 0.6 is 0 Å². The van der Waals surface area contributed by atoms with Crippen molar-refractivity contribution in [2.24, 2.45) is 7.05 Å². The number of benzene rings is 1. The number of rotatable bonds is 3. The summed E-state index contributed by atoms with van der Waals surface area (Å²) in [7, 11) is 1.85. The number of anilines is 2. The highest BCUT2D eigenvalue weighted by atomic mass is 16.1. The van der Waals surface area contributed by atoms with Crippen LogP contribution in [0.2, 0.25) is 0 Å². The average molecular weight is 349 g/mol. The summed E-state index contributed by atoms with van der Waals surface area (Å²) in [5.74, 6) is 0.415. The molecule has 0 aliphatic carbocycles. The highest BCUT2D eigenvalue weighted by Crippen LogP contribution is 2.34. The van der Waals surface area contributed by atoms with Crippen molar-refractivity contribution in [1.82, 2.24) is 24.5 Å². The number of nitrogens with zero attached hydrogens (tertiary/aromatic N) is 5. The van der Waals surface area contributed by atoms with E-state index in [0.29, 0.717) is 11.5 Å². The minimum atomic E-state index is -0.412. The van der Waals surface area contributed by atoms with Crippen LogP contribution in [0.1, 0.15) is 24.2 Å². The van der Waals surface area contributed by atoms with Crippen molar-refractivity contribution in [2.75, 3.05) is 10.6 Å². The van der Waals surface area contributed by atoms with Gasteiger partial charge in [0.1, 0.15) is 12.4 Å². The third kappa shape index (κ3) is 2.55. The van der Waals surface area contributed by atoms with Gasteiger partial charge in [-0.3, -0.25) is 9.48 Å². The van der Waals surface area contributed by atoms with E-state index in [1.165, 1.54) is 6.33 Å². The molecule has 8 nitrogen and oxygen atoms in total. The van der Waals surface area contributed by atoms with Crippen molar-refractivity contribution >= 4 is 17.5 Å². The summed E-state index contributed by atoms with van der Waals surface area (Å²) in [4.78, 5) is 17.4. The largest absolute Gasteiger partial charge is 0.328 e. The molecule has 1 atom stereocenters. The summed E-state index contributed by atoms with van der Waals surface area (Å²) < 4.78 is 3.45. The van der Waals surface area contributed by atoms with E-state index in [2.05, 4.69) is 25.8 Å². The second-order valence-electron chi connectivity index (χ2n) is 6.24. The first kappa shape index (κ1) is 16.1. The quantitative estimate of drug-likeness (QED) is 0.757. The van der Waals surface area contributed by atoms with Crippen LogP contribution in [-0.2, 0) is 11.8 Å². The maximum Gasteiger partial charge on any atom is 0.255 e. The highest BCUT2D eigenvalue weighted by molar-refractivity contribution is 6.06. The molecule has 1 amide bonds. The lowest BCUT2D eigenvalue weighted by Crippen LogP contribution is -2.32. The first-order valence-corrected chi connectivity index (χ1v) is 8.28. The average Bonchev–Trinajstić information content (AvgIpc) is 3.24. The van der Waals surface area contributed by atoms with Crippen LogP contribution in [-0.4, -0.2) is 30.5 Å². The van der Waals surface area contributed by atoms with Crippen LogP contribution in [0.15, 0.2) is 54.1 Å². The second-order valence-corrected chi connectivity index (χ2v) is 6.24. The van der Waals surface area contributed by atoms with Crippen molar-refractivity contribution < 1.29 is 4.79 Å². The molecule has 26 heavy (non-hydrogen) atoms. The maximum absolute atomic E-state index is 13.2. The Kier molecular flexibility index (Phi) is 3.80. The lowest BCUT2D eigenvalue weighted by molar-refractivity contribution is -0.113. The number of aromatic nitrogens is 5. The monoisotopic (exact) mass is 349 g/mol. The van der Waals surface area contributed by atoms with Gasteiger partial charge in [-0.05, 0) is 31.5 Å². The Bertz CT molecular complexity index is 1010. The predicted molar refractivity (Wildman–Crippen MR) is 97.5 cm³/mol. The second kappa shape index (κ2) is 6.14. The summed E-state index contributed by atoms with van der Waals surface area (Å²) in [6.07, 6.45) is 3.18. The van der Waals surface area contributed by atoms with Crippen LogP contribution in [0.25, 0.3) is 0 Å². The molecule has 1 aliphatic rings. The molecule has 0 saturated carbocycles. The molecule has 2 N–H and O–H groups in total. The van der Waals surface area contributed by atoms with Gasteiger partial charge in [-0.15, -0.1) is 0 Å². The standard InChI is InChI=1S/C18H19N7O/c1-11-6-4-5-7-13(11)23-17(26)15-12(2)22-18-19-10-21-25(18)16(15)14-8-9-20-24(14)3/h4-10,16H,1-3H3,(H,23,26)(H,19,21,22)/t16-/m1/s1. The lowest BCUT2D eigenvalue weighted by Gasteiger charge is -2.28. The van der Waals surface area contributed by atoms with Crippen molar-refractivity contribution in [3.63, 3.8) is 0 Å². The zero-order valence-electron chi connectivity index (χ0n) is 14.8. The minimum absolute atomic E-state index is 0.184. The number of carbonyl (C=O) groups is 1. The Hall–Kier alpha value is -3.42. The van der Waals surface area contributed by atoms with E-state index in [4.69, 9.17) is 0 Å². The summed E-state index contributed by atoms with van der Waals surface area (Å²) in [5.41, 5.74) is 3.96. The van der Waals surface area contributed by atoms with E-state index in [1.807, 2.05) is 51.2 Å². The van der Waals surface area contributed by atoms with Gasteiger partial charge in [-0.2, -0.15) is 15.2 Å². The van der Waals surface area contributed by atoms with Crippen LogP contribution < -0.4 is 10.6 Å². The molecule has 4 rings (SSSR count). The fourth-order valence-electron chi connectivity index (χ4n) is 3.21. The summed E-state index contributed by atoms with van der Waals surface area (Å²) >= 11 is 0. The molecule has 1 aliphatic heterocycles. The van der Waals surface area contributed by atoms with Crippen LogP contribution in [0.3, 0.4) is 0 Å². The molecule has 0 fully saturated rings. The maximum atomic E-state index is 13.2. The summed E-state index contributed by atoms with van der Waals surface area (Å²) in [5, 5.41) is 14.7. The number of para-hydroxylation sites is 1. The molecule has 0 spiro atoms. The summed E-state index contributed by atoms with van der Waals surface area (Å²) in [6, 6.07) is 9.17. The van der Waals surface area contributed by atoms with Crippen molar-refractivity contribution in [1.29, 1.82) is 0 Å². The Labute approximate surface area is 150 Å². The topological polar surface area (TPSA) is 89.7 Å². The molecule has 0 saturated heterocycles. The predicted octanol–water partition coefficient (Wildman–Crippen LogP) is 2.25. The Morgan fingerprint density at radius 1 is 1.19 bits per heavy atom. The molecule has 0 unspecified atom stereocenters. The Morgan fingerprint density at radius 3 is 2.73 bits per heavy atom. The van der Waals surface area contributed by atoms with Gasteiger partial charge in [0.15, 0.2) is 0 Å². The van der Waals surface area contributed by atoms with Gasteiger partial charge in [-0.25, -0.2) is 4.68 Å². The fraction of sp³-hybridized carbons (Fsp3) is 0.222. The van der Waals surface area contributed by atoms with Gasteiger partial charge < -0.3 is 10.6 Å². The van der Waals surface area contributed by atoms with Crippen molar-refractivity contribution in [3.8, 4) is 0 Å². The Balaban J connectivity index is 1.78. The zero-order valence-corrected chi connectivity index (χ0v) is 14.8. The van der Waals surface area contributed by atoms with E-state index in [-0.39, 0.29) is 5.91 Å². The highest BCUT2D eigenvalue weighted by Gasteiger charge is 2.35. The number of fused-ring (bicyclic) bond motifs is 1. The number of hydrogen-bond donors (Lipinski definition) is 2. The van der Waals surface area contributed by atoms with Crippen molar-refractivity contribution in [2.45, 2.75) is 19.9 Å². The summed E-state index contributed by atoms with van der Waals surface area (Å²) in [6.45, 7) is 3.83. The zero-order chi connectivity index (χ0) is 18.3. The number of allylic oxidation sites excluding steroid dienone is 1. The molecule has 3 heterocycles. The van der Waals surface area contributed by atoms with E-state index >= 15 is 0 Å². The molecule has 1 aromatic carbocycles. The molecular weight excluding hydrogens is 330 g/mol. The van der Waals surface area contributed by atoms with Gasteiger partial charge in [0.2, 0.25) is 5.95 Å². The molecule has 0 radical (unpaired) electrons. The van der Waals surface area contributed by atoms with Gasteiger partial charge in [0.05, 0.1) is 11.3 Å². The van der Waals surface area contributed by atoms with Gasteiger partial charge in [0, 0.05) is 24.6 Å². The number of nitrogens with one attached hydrogen (secondary N) is 2. The molecule has 0 bridgehead atoms. The third-order valence-corrected chi connectivity index (χ3v) is 4.57. The number of hydrogen-bond acceptors (Lipinski definition) is 5. The molecule has 2 aromatic heterocycles. The number of carbonyl (C=O) groups excluding carboxylic acids is 1. The number of aryl methyl sites for hydroxylation is 2. The first-order valence-electron chi connectivity index (χ1n) is 8.28. The molecule has 132 valence electrons. The molecular formula is C18H19N7O. The Morgan fingerprint density at radius 2 is 2.00 bits per heavy atom. The van der Waals surface area contributed by atoms with E-state index in [9.17, 15) is 4.79 Å².